The monoisotopic (exact) mass is 298 g/mol. The number of carbonyl (C=O) groups excluding carboxylic acids is 1. The van der Waals surface area contributed by atoms with E-state index in [1.165, 1.54) is 0 Å². The summed E-state index contributed by atoms with van der Waals surface area (Å²) in [6, 6.07) is 7.28. The summed E-state index contributed by atoms with van der Waals surface area (Å²) < 4.78 is 0. The lowest BCUT2D eigenvalue weighted by Gasteiger charge is -2.13. The summed E-state index contributed by atoms with van der Waals surface area (Å²) in [6.45, 7) is 4.15. The number of hydrogen-bond donors (Lipinski definition) is 1. The van der Waals surface area contributed by atoms with E-state index < -0.39 is 5.92 Å². The van der Waals surface area contributed by atoms with Gasteiger partial charge in [-0.15, -0.1) is 0 Å². The SMILES string of the molecule is CC(C)C(C#N)C(=O)NCCc1ccc(Cl)cc1Cl. The van der Waals surface area contributed by atoms with Crippen LogP contribution < -0.4 is 5.32 Å². The highest BCUT2D eigenvalue weighted by Gasteiger charge is 2.20. The molecule has 0 heterocycles. The van der Waals surface area contributed by atoms with Crippen LogP contribution in [0.5, 0.6) is 0 Å². The third kappa shape index (κ3) is 4.74. The molecule has 0 aliphatic carbocycles. The highest BCUT2D eigenvalue weighted by molar-refractivity contribution is 6.35. The van der Waals surface area contributed by atoms with Gasteiger partial charge >= 0.3 is 0 Å². The topological polar surface area (TPSA) is 52.9 Å². The number of nitrogens with one attached hydrogen (secondary N) is 1. The molecule has 1 aromatic rings. The fourth-order valence-electron chi connectivity index (χ4n) is 1.67. The van der Waals surface area contributed by atoms with Crippen LogP contribution in [0.3, 0.4) is 0 Å². The van der Waals surface area contributed by atoms with Gasteiger partial charge in [-0.1, -0.05) is 43.1 Å². The molecule has 3 nitrogen and oxygen atoms in total. The number of hydrogen-bond acceptors (Lipinski definition) is 2. The average Bonchev–Trinajstić information content (AvgIpc) is 2.32. The van der Waals surface area contributed by atoms with E-state index in [4.69, 9.17) is 28.5 Å². The predicted molar refractivity (Wildman–Crippen MR) is 77.1 cm³/mol. The number of nitrogens with zero attached hydrogens (tertiary/aromatic N) is 1. The van der Waals surface area contributed by atoms with Crippen LogP contribution >= 0.6 is 23.2 Å². The molecule has 1 atom stereocenters. The molecule has 0 bridgehead atoms. The van der Waals surface area contributed by atoms with Gasteiger partial charge in [0, 0.05) is 16.6 Å². The standard InChI is InChI=1S/C14H16Cl2N2O/c1-9(2)12(8-17)14(19)18-6-5-10-3-4-11(15)7-13(10)16/h3-4,7,9,12H,5-6H2,1-2H3,(H,18,19). The van der Waals surface area contributed by atoms with Crippen molar-refractivity contribution in [3.8, 4) is 6.07 Å². The first kappa shape index (κ1) is 15.8. The first-order valence-corrected chi connectivity index (χ1v) is 6.82. The molecule has 0 fully saturated rings. The van der Waals surface area contributed by atoms with Crippen LogP contribution in [0.4, 0.5) is 0 Å². The lowest BCUT2D eigenvalue weighted by Crippen LogP contribution is -2.34. The molecule has 19 heavy (non-hydrogen) atoms. The molecule has 1 amide bonds. The summed E-state index contributed by atoms with van der Waals surface area (Å²) in [6.07, 6.45) is 0.609. The Morgan fingerprint density at radius 1 is 1.42 bits per heavy atom. The highest BCUT2D eigenvalue weighted by Crippen LogP contribution is 2.21. The van der Waals surface area contributed by atoms with Crippen molar-refractivity contribution in [2.45, 2.75) is 20.3 Å². The Morgan fingerprint density at radius 3 is 2.63 bits per heavy atom. The summed E-state index contributed by atoms with van der Waals surface area (Å²) >= 11 is 11.8. The molecule has 0 saturated heterocycles. The van der Waals surface area contributed by atoms with E-state index in [0.29, 0.717) is 23.0 Å². The van der Waals surface area contributed by atoms with Crippen LogP contribution in [0.1, 0.15) is 19.4 Å². The van der Waals surface area contributed by atoms with Crippen molar-refractivity contribution < 1.29 is 4.79 Å². The minimum absolute atomic E-state index is 0.00381. The molecule has 0 aliphatic rings. The number of amides is 1. The van der Waals surface area contributed by atoms with Gasteiger partial charge in [0.25, 0.3) is 0 Å². The lowest BCUT2D eigenvalue weighted by atomic mass is 9.96. The summed E-state index contributed by atoms with van der Waals surface area (Å²) in [7, 11) is 0. The quantitative estimate of drug-likeness (QED) is 0.905. The molecule has 0 radical (unpaired) electrons. The van der Waals surface area contributed by atoms with Crippen molar-refractivity contribution in [2.24, 2.45) is 11.8 Å². The van der Waals surface area contributed by atoms with Gasteiger partial charge in [-0.3, -0.25) is 4.79 Å². The zero-order valence-corrected chi connectivity index (χ0v) is 12.4. The van der Waals surface area contributed by atoms with E-state index in [0.717, 1.165) is 5.56 Å². The Kier molecular flexibility index (Phi) is 6.14. The molecule has 0 spiro atoms. The van der Waals surface area contributed by atoms with Crippen molar-refractivity contribution in [3.05, 3.63) is 33.8 Å². The van der Waals surface area contributed by atoms with Crippen molar-refractivity contribution >= 4 is 29.1 Å². The first-order chi connectivity index (χ1) is 8.95. The van der Waals surface area contributed by atoms with Gasteiger partial charge in [-0.25, -0.2) is 0 Å². The smallest absolute Gasteiger partial charge is 0.237 e. The fourth-order valence-corrected chi connectivity index (χ4v) is 2.17. The Morgan fingerprint density at radius 2 is 2.11 bits per heavy atom. The van der Waals surface area contributed by atoms with E-state index >= 15 is 0 Å². The number of nitriles is 1. The van der Waals surface area contributed by atoms with E-state index in [1.54, 1.807) is 12.1 Å². The second-order valence-electron chi connectivity index (χ2n) is 4.63. The predicted octanol–water partition coefficient (Wildman–Crippen LogP) is 3.45. The van der Waals surface area contributed by atoms with Gasteiger partial charge in [-0.05, 0) is 30.0 Å². The minimum atomic E-state index is -0.610. The van der Waals surface area contributed by atoms with Crippen molar-refractivity contribution in [1.82, 2.24) is 5.32 Å². The van der Waals surface area contributed by atoms with Crippen LogP contribution in [0, 0.1) is 23.2 Å². The lowest BCUT2D eigenvalue weighted by molar-refractivity contribution is -0.124. The molecular weight excluding hydrogens is 283 g/mol. The first-order valence-electron chi connectivity index (χ1n) is 6.07. The normalized spacial score (nSPS) is 12.0. The number of rotatable bonds is 5. The number of benzene rings is 1. The van der Waals surface area contributed by atoms with E-state index in [1.807, 2.05) is 26.0 Å². The second-order valence-corrected chi connectivity index (χ2v) is 5.47. The summed E-state index contributed by atoms with van der Waals surface area (Å²) in [5, 5.41) is 12.8. The summed E-state index contributed by atoms with van der Waals surface area (Å²) in [5.74, 6) is -0.840. The van der Waals surface area contributed by atoms with Crippen molar-refractivity contribution in [1.29, 1.82) is 5.26 Å². The fraction of sp³-hybridized carbons (Fsp3) is 0.429. The molecule has 0 aromatic heterocycles. The largest absolute Gasteiger partial charge is 0.355 e. The summed E-state index contributed by atoms with van der Waals surface area (Å²) in [4.78, 5) is 11.8. The molecule has 5 heteroatoms. The van der Waals surface area contributed by atoms with E-state index in [-0.39, 0.29) is 11.8 Å². The van der Waals surface area contributed by atoms with Crippen LogP contribution in [-0.4, -0.2) is 12.5 Å². The molecule has 1 unspecified atom stereocenters. The Balaban J connectivity index is 2.50. The van der Waals surface area contributed by atoms with Gasteiger partial charge < -0.3 is 5.32 Å². The van der Waals surface area contributed by atoms with Crippen LogP contribution in [0.25, 0.3) is 0 Å². The van der Waals surface area contributed by atoms with Gasteiger partial charge in [0.05, 0.1) is 6.07 Å². The van der Waals surface area contributed by atoms with Crippen molar-refractivity contribution in [2.75, 3.05) is 6.54 Å². The maximum absolute atomic E-state index is 11.8. The molecule has 1 aromatic carbocycles. The summed E-state index contributed by atoms with van der Waals surface area (Å²) in [5.41, 5.74) is 0.921. The Labute approximate surface area is 123 Å². The number of carbonyl (C=O) groups is 1. The Bertz CT molecular complexity index is 495. The van der Waals surface area contributed by atoms with Crippen LogP contribution in [0.15, 0.2) is 18.2 Å². The molecule has 1 N–H and O–H groups in total. The van der Waals surface area contributed by atoms with E-state index in [2.05, 4.69) is 5.32 Å². The molecule has 102 valence electrons. The molecule has 0 saturated carbocycles. The molecule has 0 aliphatic heterocycles. The zero-order chi connectivity index (χ0) is 14.4. The van der Waals surface area contributed by atoms with Gasteiger partial charge in [0.1, 0.15) is 5.92 Å². The van der Waals surface area contributed by atoms with E-state index in [9.17, 15) is 4.79 Å². The minimum Gasteiger partial charge on any atom is -0.355 e. The number of halogens is 2. The maximum Gasteiger partial charge on any atom is 0.237 e. The average molecular weight is 299 g/mol. The molecular formula is C14H16Cl2N2O. The third-order valence-electron chi connectivity index (χ3n) is 2.80. The van der Waals surface area contributed by atoms with Crippen LogP contribution in [-0.2, 0) is 11.2 Å². The van der Waals surface area contributed by atoms with Gasteiger partial charge in [0.2, 0.25) is 5.91 Å². The zero-order valence-electron chi connectivity index (χ0n) is 10.9. The van der Waals surface area contributed by atoms with Crippen molar-refractivity contribution in [3.63, 3.8) is 0 Å². The maximum atomic E-state index is 11.8. The van der Waals surface area contributed by atoms with Crippen LogP contribution in [0.2, 0.25) is 10.0 Å². The molecule has 1 rings (SSSR count). The van der Waals surface area contributed by atoms with Gasteiger partial charge in [0.15, 0.2) is 0 Å². The Hall–Kier alpha value is -1.24. The third-order valence-corrected chi connectivity index (χ3v) is 3.38. The second kappa shape index (κ2) is 7.37. The van der Waals surface area contributed by atoms with Gasteiger partial charge in [-0.2, -0.15) is 5.26 Å². The highest BCUT2D eigenvalue weighted by atomic mass is 35.5.